The molecule has 3 N–H and O–H groups in total. The van der Waals surface area contributed by atoms with Crippen LogP contribution in [0.15, 0.2) is 12.1 Å². The zero-order chi connectivity index (χ0) is 14.3. The second-order valence-electron chi connectivity index (χ2n) is 6.32. The van der Waals surface area contributed by atoms with Gasteiger partial charge in [0.25, 0.3) is 0 Å². The minimum Gasteiger partial charge on any atom is -0.507 e. The van der Waals surface area contributed by atoms with Crippen molar-refractivity contribution in [2.45, 2.75) is 25.3 Å². The highest BCUT2D eigenvalue weighted by Gasteiger charge is 2.32. The average Bonchev–Trinajstić information content (AvgIpc) is 2.81. The zero-order valence-corrected chi connectivity index (χ0v) is 12.5. The first-order valence-electron chi connectivity index (χ1n) is 7.58. The van der Waals surface area contributed by atoms with Crippen LogP contribution in [0.3, 0.4) is 0 Å². The highest BCUT2D eigenvalue weighted by atomic mass is 16.3. The molecule has 110 valence electrons. The molecule has 0 aromatic heterocycles. The minimum atomic E-state index is 0.307. The number of hydrogen-bond acceptors (Lipinski definition) is 4. The summed E-state index contributed by atoms with van der Waals surface area (Å²) < 4.78 is 0. The van der Waals surface area contributed by atoms with Gasteiger partial charge in [0, 0.05) is 43.0 Å². The highest BCUT2D eigenvalue weighted by Crippen LogP contribution is 2.43. The molecule has 0 amide bonds. The number of fused-ring (bicyclic) bond motifs is 1. The zero-order valence-electron chi connectivity index (χ0n) is 12.5. The Morgan fingerprint density at radius 3 is 2.85 bits per heavy atom. The van der Waals surface area contributed by atoms with E-state index in [1.165, 1.54) is 5.69 Å². The maximum atomic E-state index is 10.7. The molecule has 4 heteroatoms. The maximum absolute atomic E-state index is 10.7. The summed E-state index contributed by atoms with van der Waals surface area (Å²) in [6.45, 7) is 2.83. The number of benzene rings is 1. The Morgan fingerprint density at radius 2 is 2.15 bits per heavy atom. The van der Waals surface area contributed by atoms with E-state index < -0.39 is 0 Å². The van der Waals surface area contributed by atoms with Crippen LogP contribution in [0.2, 0.25) is 0 Å². The Bertz CT molecular complexity index is 503. The van der Waals surface area contributed by atoms with Crippen LogP contribution in [-0.2, 0) is 6.42 Å². The molecule has 2 unspecified atom stereocenters. The number of anilines is 1. The Morgan fingerprint density at radius 1 is 1.35 bits per heavy atom. The topological polar surface area (TPSA) is 52.7 Å². The van der Waals surface area contributed by atoms with Crippen molar-refractivity contribution in [2.24, 2.45) is 11.7 Å². The summed E-state index contributed by atoms with van der Waals surface area (Å²) in [5.74, 6) is 1.06. The molecule has 4 nitrogen and oxygen atoms in total. The highest BCUT2D eigenvalue weighted by molar-refractivity contribution is 5.63. The van der Waals surface area contributed by atoms with E-state index in [2.05, 4.69) is 36.0 Å². The third kappa shape index (κ3) is 2.17. The van der Waals surface area contributed by atoms with Crippen molar-refractivity contribution >= 4 is 5.69 Å². The van der Waals surface area contributed by atoms with Gasteiger partial charge < -0.3 is 15.7 Å². The van der Waals surface area contributed by atoms with Crippen LogP contribution in [0.5, 0.6) is 5.75 Å². The average molecular weight is 275 g/mol. The first-order valence-corrected chi connectivity index (χ1v) is 7.58. The number of hydrogen-bond donors (Lipinski definition) is 2. The summed E-state index contributed by atoms with van der Waals surface area (Å²) in [4.78, 5) is 4.56. The third-order valence-corrected chi connectivity index (χ3v) is 4.95. The fourth-order valence-electron chi connectivity index (χ4n) is 3.77. The molecule has 1 aromatic rings. The number of phenolic OH excluding ortho intramolecular Hbond substituents is 1. The molecule has 1 aromatic carbocycles. The summed E-state index contributed by atoms with van der Waals surface area (Å²) in [7, 11) is 4.23. The molecule has 0 bridgehead atoms. The Hall–Kier alpha value is -1.26. The first-order chi connectivity index (χ1) is 9.61. The van der Waals surface area contributed by atoms with Gasteiger partial charge >= 0.3 is 0 Å². The van der Waals surface area contributed by atoms with E-state index in [1.54, 1.807) is 0 Å². The molecule has 0 saturated carbocycles. The lowest BCUT2D eigenvalue weighted by Gasteiger charge is -2.30. The van der Waals surface area contributed by atoms with Crippen molar-refractivity contribution in [1.82, 2.24) is 4.90 Å². The maximum Gasteiger partial charge on any atom is 0.125 e. The van der Waals surface area contributed by atoms with Crippen LogP contribution < -0.4 is 10.6 Å². The molecule has 3 rings (SSSR count). The van der Waals surface area contributed by atoms with Crippen LogP contribution in [0, 0.1) is 5.92 Å². The molecule has 0 spiro atoms. The van der Waals surface area contributed by atoms with Crippen LogP contribution in [0.25, 0.3) is 0 Å². The van der Waals surface area contributed by atoms with Crippen molar-refractivity contribution in [3.63, 3.8) is 0 Å². The second-order valence-corrected chi connectivity index (χ2v) is 6.32. The standard InChI is InChI=1S/C16H25N3O/c1-18-7-3-4-12-14(18)6-5-13(16(12)20)15-8-11(9-17)10-19(15)2/h5-6,11,15,20H,3-4,7-10,17H2,1-2H3. The number of rotatable bonds is 2. The van der Waals surface area contributed by atoms with E-state index in [9.17, 15) is 5.11 Å². The quantitative estimate of drug-likeness (QED) is 0.863. The van der Waals surface area contributed by atoms with Gasteiger partial charge in [0.15, 0.2) is 0 Å². The fourth-order valence-corrected chi connectivity index (χ4v) is 3.77. The van der Waals surface area contributed by atoms with Gasteiger partial charge in [-0.1, -0.05) is 6.07 Å². The smallest absolute Gasteiger partial charge is 0.125 e. The van der Waals surface area contributed by atoms with Crippen molar-refractivity contribution < 1.29 is 5.11 Å². The van der Waals surface area contributed by atoms with Crippen LogP contribution in [0.4, 0.5) is 5.69 Å². The summed E-state index contributed by atoms with van der Waals surface area (Å²) in [5, 5.41) is 10.7. The molecule has 0 radical (unpaired) electrons. The van der Waals surface area contributed by atoms with Gasteiger partial charge in [-0.3, -0.25) is 4.90 Å². The van der Waals surface area contributed by atoms with Crippen molar-refractivity contribution in [3.05, 3.63) is 23.3 Å². The Balaban J connectivity index is 1.95. The lowest BCUT2D eigenvalue weighted by molar-refractivity contribution is 0.305. The number of phenols is 1. The Labute approximate surface area is 121 Å². The van der Waals surface area contributed by atoms with E-state index in [4.69, 9.17) is 5.73 Å². The van der Waals surface area contributed by atoms with Gasteiger partial charge in [0.2, 0.25) is 0 Å². The Kier molecular flexibility index (Phi) is 3.61. The number of nitrogens with two attached hydrogens (primary N) is 1. The van der Waals surface area contributed by atoms with Crippen LogP contribution >= 0.6 is 0 Å². The predicted molar refractivity (Wildman–Crippen MR) is 82.2 cm³/mol. The molecule has 1 fully saturated rings. The molecule has 2 atom stereocenters. The van der Waals surface area contributed by atoms with E-state index in [0.29, 0.717) is 17.7 Å². The second kappa shape index (κ2) is 5.26. The molecular formula is C16H25N3O. The van der Waals surface area contributed by atoms with E-state index >= 15 is 0 Å². The lowest BCUT2D eigenvalue weighted by Crippen LogP contribution is -2.25. The van der Waals surface area contributed by atoms with Crippen molar-refractivity contribution in [3.8, 4) is 5.75 Å². The van der Waals surface area contributed by atoms with Crippen molar-refractivity contribution in [2.75, 3.05) is 38.6 Å². The van der Waals surface area contributed by atoms with Crippen LogP contribution in [-0.4, -0.2) is 43.7 Å². The fraction of sp³-hybridized carbons (Fsp3) is 0.625. The van der Waals surface area contributed by atoms with Gasteiger partial charge in [0.05, 0.1) is 0 Å². The van der Waals surface area contributed by atoms with Crippen LogP contribution in [0.1, 0.15) is 30.0 Å². The third-order valence-electron chi connectivity index (χ3n) is 4.95. The summed E-state index contributed by atoms with van der Waals surface area (Å²) in [6, 6.07) is 4.59. The summed E-state index contributed by atoms with van der Waals surface area (Å²) in [6.07, 6.45) is 3.15. The van der Waals surface area contributed by atoms with E-state index in [-0.39, 0.29) is 0 Å². The number of nitrogens with zero attached hydrogens (tertiary/aromatic N) is 2. The molecule has 20 heavy (non-hydrogen) atoms. The van der Waals surface area contributed by atoms with Gasteiger partial charge in [-0.05, 0) is 44.8 Å². The number of likely N-dealkylation sites (tertiary alicyclic amines) is 1. The molecule has 2 aliphatic heterocycles. The monoisotopic (exact) mass is 275 g/mol. The normalized spacial score (nSPS) is 26.9. The van der Waals surface area contributed by atoms with Gasteiger partial charge in [0.1, 0.15) is 5.75 Å². The largest absolute Gasteiger partial charge is 0.507 e. The van der Waals surface area contributed by atoms with Gasteiger partial charge in [-0.15, -0.1) is 0 Å². The van der Waals surface area contributed by atoms with Gasteiger partial charge in [-0.2, -0.15) is 0 Å². The van der Waals surface area contributed by atoms with E-state index in [1.807, 2.05) is 0 Å². The van der Waals surface area contributed by atoms with Crippen molar-refractivity contribution in [1.29, 1.82) is 0 Å². The summed E-state index contributed by atoms with van der Waals surface area (Å²) >= 11 is 0. The summed E-state index contributed by atoms with van der Waals surface area (Å²) in [5.41, 5.74) is 9.20. The molecule has 2 aliphatic rings. The molecule has 1 saturated heterocycles. The first kappa shape index (κ1) is 13.7. The van der Waals surface area contributed by atoms with Gasteiger partial charge in [-0.25, -0.2) is 0 Å². The predicted octanol–water partition coefficient (Wildman–Crippen LogP) is 1.73. The molecule has 0 aliphatic carbocycles. The SMILES string of the molecule is CN1CCCc2c1ccc(C1CC(CN)CN1C)c2O. The number of aromatic hydroxyl groups is 1. The molecular weight excluding hydrogens is 250 g/mol. The minimum absolute atomic E-state index is 0.307. The van der Waals surface area contributed by atoms with E-state index in [0.717, 1.165) is 50.0 Å². The lowest BCUT2D eigenvalue weighted by atomic mass is 9.93. The molecule has 2 heterocycles.